The second-order valence-corrected chi connectivity index (χ2v) is 7.78. The standard InChI is InChI=1S/C25H34O4/c1-6-8-12-28-23-16-24(29-13-9-7-2)22(25(26)27)15-21(23)20-14-19(17(3)4)11-10-18(20)5/h10-11,14-17H,6-9,12-13H2,1-5H3,(H,26,27). The third kappa shape index (κ3) is 5.99. The minimum Gasteiger partial charge on any atom is -0.493 e. The lowest BCUT2D eigenvalue weighted by atomic mass is 9.92. The second kappa shape index (κ2) is 10.9. The van der Waals surface area contributed by atoms with E-state index in [4.69, 9.17) is 9.47 Å². The zero-order valence-corrected chi connectivity index (χ0v) is 18.4. The molecule has 0 atom stereocenters. The Bertz CT molecular complexity index is 824. The normalized spacial score (nSPS) is 11.0. The Morgan fingerprint density at radius 3 is 2.10 bits per heavy atom. The lowest BCUT2D eigenvalue weighted by Gasteiger charge is -2.18. The van der Waals surface area contributed by atoms with Gasteiger partial charge in [-0.25, -0.2) is 4.79 Å². The highest BCUT2D eigenvalue weighted by Crippen LogP contribution is 2.39. The molecule has 0 aliphatic carbocycles. The van der Waals surface area contributed by atoms with Crippen molar-refractivity contribution in [2.45, 2.75) is 66.2 Å². The van der Waals surface area contributed by atoms with E-state index in [9.17, 15) is 9.90 Å². The first kappa shape index (κ1) is 22.8. The second-order valence-electron chi connectivity index (χ2n) is 7.78. The number of carbonyl (C=O) groups is 1. The third-order valence-electron chi connectivity index (χ3n) is 5.04. The van der Waals surface area contributed by atoms with Crippen LogP contribution in [0.15, 0.2) is 30.3 Å². The summed E-state index contributed by atoms with van der Waals surface area (Å²) in [5.74, 6) is 0.447. The Morgan fingerprint density at radius 2 is 1.55 bits per heavy atom. The molecule has 2 aromatic carbocycles. The average molecular weight is 399 g/mol. The van der Waals surface area contributed by atoms with E-state index in [0.717, 1.165) is 42.4 Å². The van der Waals surface area contributed by atoms with E-state index in [0.29, 0.717) is 30.6 Å². The molecule has 0 unspecified atom stereocenters. The Morgan fingerprint density at radius 1 is 0.931 bits per heavy atom. The van der Waals surface area contributed by atoms with Crippen molar-refractivity contribution in [1.82, 2.24) is 0 Å². The van der Waals surface area contributed by atoms with Crippen molar-refractivity contribution in [2.24, 2.45) is 0 Å². The van der Waals surface area contributed by atoms with Crippen molar-refractivity contribution in [2.75, 3.05) is 13.2 Å². The summed E-state index contributed by atoms with van der Waals surface area (Å²) in [5.41, 5.74) is 4.29. The highest BCUT2D eigenvalue weighted by molar-refractivity contribution is 5.94. The van der Waals surface area contributed by atoms with Crippen molar-refractivity contribution in [1.29, 1.82) is 0 Å². The quantitative estimate of drug-likeness (QED) is 0.421. The van der Waals surface area contributed by atoms with Gasteiger partial charge in [-0.05, 0) is 48.4 Å². The third-order valence-corrected chi connectivity index (χ3v) is 5.04. The Hall–Kier alpha value is -2.49. The van der Waals surface area contributed by atoms with Gasteiger partial charge in [0, 0.05) is 11.6 Å². The van der Waals surface area contributed by atoms with Gasteiger partial charge < -0.3 is 14.6 Å². The predicted octanol–water partition coefficient (Wildman–Crippen LogP) is 6.84. The summed E-state index contributed by atoms with van der Waals surface area (Å²) in [4.78, 5) is 11.9. The van der Waals surface area contributed by atoms with Crippen LogP contribution in [-0.4, -0.2) is 24.3 Å². The van der Waals surface area contributed by atoms with Crippen LogP contribution < -0.4 is 9.47 Å². The number of aryl methyl sites for hydroxylation is 1. The molecule has 0 aliphatic rings. The fraction of sp³-hybridized carbons (Fsp3) is 0.480. The molecule has 0 aliphatic heterocycles. The highest BCUT2D eigenvalue weighted by atomic mass is 16.5. The SMILES string of the molecule is CCCCOc1cc(OCCCC)c(-c2cc(C(C)C)ccc2C)cc1C(=O)O. The number of ether oxygens (including phenoxy) is 2. The van der Waals surface area contributed by atoms with Crippen LogP contribution in [0.25, 0.3) is 11.1 Å². The van der Waals surface area contributed by atoms with E-state index in [-0.39, 0.29) is 5.56 Å². The maximum Gasteiger partial charge on any atom is 0.339 e. The summed E-state index contributed by atoms with van der Waals surface area (Å²) in [6.07, 6.45) is 3.84. The molecular formula is C25H34O4. The Balaban J connectivity index is 2.60. The number of rotatable bonds is 11. The fourth-order valence-corrected chi connectivity index (χ4v) is 3.12. The molecule has 0 saturated heterocycles. The van der Waals surface area contributed by atoms with E-state index >= 15 is 0 Å². The number of unbranched alkanes of at least 4 members (excludes halogenated alkanes) is 2. The van der Waals surface area contributed by atoms with E-state index < -0.39 is 5.97 Å². The Labute approximate surface area is 174 Å². The van der Waals surface area contributed by atoms with Crippen LogP contribution in [0.2, 0.25) is 0 Å². The summed E-state index contributed by atoms with van der Waals surface area (Å²) in [7, 11) is 0. The predicted molar refractivity (Wildman–Crippen MR) is 118 cm³/mol. The zero-order chi connectivity index (χ0) is 21.4. The summed E-state index contributed by atoms with van der Waals surface area (Å²) in [5, 5.41) is 9.79. The monoisotopic (exact) mass is 398 g/mol. The first-order valence-electron chi connectivity index (χ1n) is 10.7. The van der Waals surface area contributed by atoms with Crippen LogP contribution in [-0.2, 0) is 0 Å². The van der Waals surface area contributed by atoms with Crippen LogP contribution in [0.1, 0.15) is 80.8 Å². The molecule has 0 heterocycles. The van der Waals surface area contributed by atoms with Crippen LogP contribution >= 0.6 is 0 Å². The number of carboxylic acid groups (broad SMARTS) is 1. The molecule has 0 radical (unpaired) electrons. The molecule has 158 valence electrons. The maximum atomic E-state index is 11.9. The topological polar surface area (TPSA) is 55.8 Å². The molecule has 0 spiro atoms. The molecular weight excluding hydrogens is 364 g/mol. The zero-order valence-electron chi connectivity index (χ0n) is 18.4. The number of hydrogen-bond acceptors (Lipinski definition) is 3. The van der Waals surface area contributed by atoms with Crippen molar-refractivity contribution in [3.63, 3.8) is 0 Å². The van der Waals surface area contributed by atoms with Gasteiger partial charge in [-0.2, -0.15) is 0 Å². The lowest BCUT2D eigenvalue weighted by molar-refractivity contribution is 0.0692. The minimum absolute atomic E-state index is 0.174. The molecule has 4 nitrogen and oxygen atoms in total. The smallest absolute Gasteiger partial charge is 0.339 e. The minimum atomic E-state index is -0.990. The molecule has 0 aromatic heterocycles. The maximum absolute atomic E-state index is 11.9. The van der Waals surface area contributed by atoms with Gasteiger partial charge in [0.25, 0.3) is 0 Å². The molecule has 2 rings (SSSR count). The van der Waals surface area contributed by atoms with Crippen LogP contribution in [0.5, 0.6) is 11.5 Å². The molecule has 0 saturated carbocycles. The van der Waals surface area contributed by atoms with Crippen LogP contribution in [0.4, 0.5) is 0 Å². The summed E-state index contributed by atoms with van der Waals surface area (Å²) in [6.45, 7) is 11.6. The molecule has 4 heteroatoms. The Kier molecular flexibility index (Phi) is 8.56. The highest BCUT2D eigenvalue weighted by Gasteiger charge is 2.20. The first-order chi connectivity index (χ1) is 13.9. The summed E-state index contributed by atoms with van der Waals surface area (Å²) in [6, 6.07) is 9.82. The molecule has 1 N–H and O–H groups in total. The van der Waals surface area contributed by atoms with Crippen molar-refractivity contribution in [3.05, 3.63) is 47.0 Å². The van der Waals surface area contributed by atoms with Crippen molar-refractivity contribution >= 4 is 5.97 Å². The number of carboxylic acids is 1. The van der Waals surface area contributed by atoms with Gasteiger partial charge in [0.1, 0.15) is 17.1 Å². The van der Waals surface area contributed by atoms with Gasteiger partial charge in [0.15, 0.2) is 0 Å². The van der Waals surface area contributed by atoms with Crippen molar-refractivity contribution < 1.29 is 19.4 Å². The summed E-state index contributed by atoms with van der Waals surface area (Å²) < 4.78 is 11.9. The number of hydrogen-bond donors (Lipinski definition) is 1. The molecule has 0 amide bonds. The fourth-order valence-electron chi connectivity index (χ4n) is 3.12. The lowest BCUT2D eigenvalue weighted by Crippen LogP contribution is -2.07. The van der Waals surface area contributed by atoms with Gasteiger partial charge >= 0.3 is 5.97 Å². The van der Waals surface area contributed by atoms with Gasteiger partial charge in [-0.1, -0.05) is 58.7 Å². The van der Waals surface area contributed by atoms with E-state index in [1.807, 2.05) is 6.92 Å². The van der Waals surface area contributed by atoms with Gasteiger partial charge in [-0.3, -0.25) is 0 Å². The largest absolute Gasteiger partial charge is 0.493 e. The molecule has 0 fully saturated rings. The number of benzene rings is 2. The van der Waals surface area contributed by atoms with Crippen LogP contribution in [0, 0.1) is 6.92 Å². The van der Waals surface area contributed by atoms with E-state index in [1.54, 1.807) is 12.1 Å². The van der Waals surface area contributed by atoms with Gasteiger partial charge in [-0.15, -0.1) is 0 Å². The van der Waals surface area contributed by atoms with Crippen molar-refractivity contribution in [3.8, 4) is 22.6 Å². The van der Waals surface area contributed by atoms with Gasteiger partial charge in [0.2, 0.25) is 0 Å². The van der Waals surface area contributed by atoms with E-state index in [2.05, 4.69) is 45.9 Å². The van der Waals surface area contributed by atoms with Gasteiger partial charge in [0.05, 0.1) is 13.2 Å². The molecule has 2 aromatic rings. The average Bonchev–Trinajstić information content (AvgIpc) is 2.68. The number of aromatic carboxylic acids is 1. The summed E-state index contributed by atoms with van der Waals surface area (Å²) >= 11 is 0. The molecule has 29 heavy (non-hydrogen) atoms. The molecule has 0 bridgehead atoms. The van der Waals surface area contributed by atoms with E-state index in [1.165, 1.54) is 5.56 Å². The first-order valence-corrected chi connectivity index (χ1v) is 10.7. The van der Waals surface area contributed by atoms with Crippen LogP contribution in [0.3, 0.4) is 0 Å².